The van der Waals surface area contributed by atoms with Crippen LogP contribution in [0.2, 0.25) is 0 Å². The second kappa shape index (κ2) is 4.15. The minimum Gasteiger partial charge on any atom is -0.502 e. The van der Waals surface area contributed by atoms with Crippen LogP contribution in [-0.2, 0) is 10.2 Å². The highest BCUT2D eigenvalue weighted by atomic mass is 19.1. The van der Waals surface area contributed by atoms with Crippen molar-refractivity contribution in [2.75, 3.05) is 7.11 Å². The molecule has 1 saturated carbocycles. The van der Waals surface area contributed by atoms with Crippen LogP contribution in [0.25, 0.3) is 0 Å². The zero-order chi connectivity index (χ0) is 13.5. The lowest BCUT2D eigenvalue weighted by Gasteiger charge is -2.38. The number of carboxylic acids is 1. The Hall–Kier alpha value is -1.78. The first-order chi connectivity index (χ1) is 8.44. The van der Waals surface area contributed by atoms with Crippen LogP contribution < -0.4 is 4.74 Å². The fraction of sp³-hybridized carbons (Fsp3) is 0.462. The van der Waals surface area contributed by atoms with Crippen LogP contribution in [0.5, 0.6) is 11.5 Å². The normalized spacial score (nSPS) is 17.1. The molecule has 1 aliphatic carbocycles. The van der Waals surface area contributed by atoms with E-state index in [9.17, 15) is 19.4 Å². The maximum absolute atomic E-state index is 14.1. The highest BCUT2D eigenvalue weighted by molar-refractivity contribution is 5.83. The van der Waals surface area contributed by atoms with Crippen molar-refractivity contribution in [2.24, 2.45) is 0 Å². The van der Waals surface area contributed by atoms with Crippen LogP contribution in [-0.4, -0.2) is 23.3 Å². The Kier molecular flexibility index (Phi) is 2.92. The van der Waals surface area contributed by atoms with Gasteiger partial charge in [-0.15, -0.1) is 0 Å². The van der Waals surface area contributed by atoms with E-state index in [0.717, 1.165) is 6.42 Å². The second-order valence-electron chi connectivity index (χ2n) is 4.68. The van der Waals surface area contributed by atoms with Gasteiger partial charge < -0.3 is 14.9 Å². The number of methoxy groups -OCH3 is 1. The molecule has 0 spiro atoms. The highest BCUT2D eigenvalue weighted by Gasteiger charge is 2.48. The minimum absolute atomic E-state index is 0.0520. The molecule has 0 aromatic heterocycles. The van der Waals surface area contributed by atoms with Crippen molar-refractivity contribution in [3.63, 3.8) is 0 Å². The van der Waals surface area contributed by atoms with Crippen molar-refractivity contribution in [3.05, 3.63) is 23.0 Å². The highest BCUT2D eigenvalue weighted by Crippen LogP contribution is 2.48. The van der Waals surface area contributed by atoms with Gasteiger partial charge >= 0.3 is 5.97 Å². The van der Waals surface area contributed by atoms with Crippen LogP contribution in [0.3, 0.4) is 0 Å². The van der Waals surface area contributed by atoms with E-state index in [0.29, 0.717) is 18.4 Å². The summed E-state index contributed by atoms with van der Waals surface area (Å²) in [6.07, 6.45) is 1.53. The molecule has 1 aromatic carbocycles. The molecule has 0 radical (unpaired) electrons. The van der Waals surface area contributed by atoms with Crippen molar-refractivity contribution in [1.82, 2.24) is 0 Å². The smallest absolute Gasteiger partial charge is 0.314 e. The number of carbonyl (C=O) groups is 1. The second-order valence-corrected chi connectivity index (χ2v) is 4.68. The molecule has 0 amide bonds. The van der Waals surface area contributed by atoms with Crippen LogP contribution in [0.4, 0.5) is 4.39 Å². The first-order valence-corrected chi connectivity index (χ1v) is 5.74. The van der Waals surface area contributed by atoms with Crippen LogP contribution >= 0.6 is 0 Å². The van der Waals surface area contributed by atoms with Gasteiger partial charge in [0, 0.05) is 5.56 Å². The molecular formula is C13H15FO4. The predicted octanol–water partition coefficient (Wildman–Crippen LogP) is 2.35. The molecule has 4 nitrogen and oxygen atoms in total. The molecule has 1 fully saturated rings. The van der Waals surface area contributed by atoms with Crippen LogP contribution in [0.1, 0.15) is 30.4 Å². The summed E-state index contributed by atoms with van der Waals surface area (Å²) < 4.78 is 19.0. The third kappa shape index (κ3) is 1.54. The third-order valence-electron chi connectivity index (χ3n) is 3.71. The lowest BCUT2D eigenvalue weighted by atomic mass is 9.64. The van der Waals surface area contributed by atoms with Gasteiger partial charge in [-0.2, -0.15) is 0 Å². The molecule has 0 saturated heterocycles. The van der Waals surface area contributed by atoms with Gasteiger partial charge in [0.2, 0.25) is 0 Å². The van der Waals surface area contributed by atoms with Crippen LogP contribution in [0, 0.1) is 12.7 Å². The number of carboxylic acid groups (broad SMARTS) is 1. The largest absolute Gasteiger partial charge is 0.502 e. The summed E-state index contributed by atoms with van der Waals surface area (Å²) >= 11 is 0. The quantitative estimate of drug-likeness (QED) is 0.868. The number of aryl methyl sites for hydroxylation is 1. The van der Waals surface area contributed by atoms with Crippen molar-refractivity contribution in [3.8, 4) is 11.5 Å². The van der Waals surface area contributed by atoms with Gasteiger partial charge in [0.1, 0.15) is 0 Å². The zero-order valence-electron chi connectivity index (χ0n) is 10.3. The number of aromatic hydroxyl groups is 1. The fourth-order valence-corrected chi connectivity index (χ4v) is 2.49. The Balaban J connectivity index is 2.62. The summed E-state index contributed by atoms with van der Waals surface area (Å²) in [6, 6.07) is 1.46. The Labute approximate surface area is 104 Å². The van der Waals surface area contributed by atoms with E-state index >= 15 is 0 Å². The van der Waals surface area contributed by atoms with E-state index in [1.165, 1.54) is 13.2 Å². The maximum atomic E-state index is 14.1. The summed E-state index contributed by atoms with van der Waals surface area (Å²) in [4.78, 5) is 11.4. The van der Waals surface area contributed by atoms with Gasteiger partial charge in [0.25, 0.3) is 0 Å². The maximum Gasteiger partial charge on any atom is 0.314 e. The van der Waals surface area contributed by atoms with Crippen molar-refractivity contribution < 1.29 is 24.1 Å². The first kappa shape index (κ1) is 12.7. The molecule has 5 heteroatoms. The molecule has 2 N–H and O–H groups in total. The molecule has 1 aliphatic rings. The minimum atomic E-state index is -1.20. The molecule has 0 aliphatic heterocycles. The van der Waals surface area contributed by atoms with Gasteiger partial charge in [-0.3, -0.25) is 4.79 Å². The molecule has 1 aromatic rings. The first-order valence-electron chi connectivity index (χ1n) is 5.74. The average molecular weight is 254 g/mol. The Morgan fingerprint density at radius 1 is 1.50 bits per heavy atom. The standard InChI is InChI=1S/C13H15FO4/c1-7-6-8(9(14)10(15)11(7)18-2)13(12(16)17)4-3-5-13/h6,15H,3-5H2,1-2H3,(H,16,17). The summed E-state index contributed by atoms with van der Waals surface area (Å²) in [5.41, 5.74) is -0.616. The van der Waals surface area contributed by atoms with Crippen molar-refractivity contribution >= 4 is 5.97 Å². The predicted molar refractivity (Wildman–Crippen MR) is 62.5 cm³/mol. The number of hydrogen-bond acceptors (Lipinski definition) is 3. The van der Waals surface area contributed by atoms with E-state index in [2.05, 4.69) is 0 Å². The number of hydrogen-bond donors (Lipinski definition) is 2. The molecule has 0 bridgehead atoms. The molecule has 0 unspecified atom stereocenters. The molecule has 2 rings (SSSR count). The van der Waals surface area contributed by atoms with Gasteiger partial charge in [0.05, 0.1) is 12.5 Å². The topological polar surface area (TPSA) is 66.8 Å². The number of rotatable bonds is 3. The number of phenols is 1. The summed E-state index contributed by atoms with van der Waals surface area (Å²) in [5.74, 6) is -2.49. The van der Waals surface area contributed by atoms with E-state index in [1.807, 2.05) is 0 Å². The Bertz CT molecular complexity index is 506. The van der Waals surface area contributed by atoms with Gasteiger partial charge in [-0.25, -0.2) is 4.39 Å². The lowest BCUT2D eigenvalue weighted by Crippen LogP contribution is -2.43. The molecule has 0 atom stereocenters. The molecular weight excluding hydrogens is 239 g/mol. The lowest BCUT2D eigenvalue weighted by molar-refractivity contribution is -0.147. The van der Waals surface area contributed by atoms with E-state index in [1.54, 1.807) is 6.92 Å². The monoisotopic (exact) mass is 254 g/mol. The number of phenolic OH excluding ortho intramolecular Hbond substituents is 1. The molecule has 18 heavy (non-hydrogen) atoms. The number of ether oxygens (including phenoxy) is 1. The van der Waals surface area contributed by atoms with Crippen molar-refractivity contribution in [1.29, 1.82) is 0 Å². The van der Waals surface area contributed by atoms with Gasteiger partial charge in [-0.05, 0) is 31.4 Å². The van der Waals surface area contributed by atoms with Gasteiger partial charge in [-0.1, -0.05) is 6.42 Å². The van der Waals surface area contributed by atoms with Crippen LogP contribution in [0.15, 0.2) is 6.07 Å². The molecule has 0 heterocycles. The SMILES string of the molecule is COc1c(C)cc(C2(C(=O)O)CCC2)c(F)c1O. The fourth-order valence-electron chi connectivity index (χ4n) is 2.49. The van der Waals surface area contributed by atoms with E-state index in [-0.39, 0.29) is 11.3 Å². The summed E-state index contributed by atoms with van der Waals surface area (Å²) in [7, 11) is 1.33. The zero-order valence-corrected chi connectivity index (χ0v) is 10.3. The van der Waals surface area contributed by atoms with E-state index < -0.39 is 23.0 Å². The van der Waals surface area contributed by atoms with Crippen molar-refractivity contribution in [2.45, 2.75) is 31.6 Å². The summed E-state index contributed by atoms with van der Waals surface area (Å²) in [5, 5.41) is 19.0. The Morgan fingerprint density at radius 3 is 2.50 bits per heavy atom. The summed E-state index contributed by atoms with van der Waals surface area (Å²) in [6.45, 7) is 1.65. The van der Waals surface area contributed by atoms with E-state index in [4.69, 9.17) is 4.74 Å². The average Bonchev–Trinajstić information content (AvgIpc) is 2.23. The Morgan fingerprint density at radius 2 is 2.11 bits per heavy atom. The number of benzene rings is 1. The molecule has 98 valence electrons. The van der Waals surface area contributed by atoms with Gasteiger partial charge in [0.15, 0.2) is 17.3 Å². The number of aliphatic carboxylic acids is 1. The number of halogens is 1. The third-order valence-corrected chi connectivity index (χ3v) is 3.71.